The van der Waals surface area contributed by atoms with Gasteiger partial charge in [-0.15, -0.1) is 0 Å². The monoisotopic (exact) mass is 169 g/mol. The summed E-state index contributed by atoms with van der Waals surface area (Å²) in [5.41, 5.74) is 0. The molecule has 0 amide bonds. The van der Waals surface area contributed by atoms with E-state index in [2.05, 4.69) is 19.6 Å². The molecule has 0 unspecified atom stereocenters. The van der Waals surface area contributed by atoms with Crippen LogP contribution in [0.1, 0.15) is 6.42 Å². The Kier molecular flexibility index (Phi) is 7.11. The van der Waals surface area contributed by atoms with Gasteiger partial charge in [-0.05, 0) is 6.04 Å². The van der Waals surface area contributed by atoms with Crippen LogP contribution in [-0.4, -0.2) is 19.1 Å². The van der Waals surface area contributed by atoms with Gasteiger partial charge in [0.05, 0.1) is 0 Å². The number of carbonyl (C=O) groups is 1. The summed E-state index contributed by atoms with van der Waals surface area (Å²) in [5.74, 6) is -0.669. The van der Waals surface area contributed by atoms with Crippen molar-refractivity contribution in [3.05, 3.63) is 0 Å². The zero-order valence-corrected chi connectivity index (χ0v) is 10.3. The molecule has 0 aliphatic rings. The molecule has 0 aromatic rings. The number of carboxylic acids is 1. The number of hydrogen-bond donors (Lipinski definition) is 1. The minimum Gasteiger partial charge on any atom is -0.481 e. The molecule has 0 spiro atoms. The van der Waals surface area contributed by atoms with E-state index in [1.807, 2.05) is 0 Å². The average molecular weight is 169 g/mol. The van der Waals surface area contributed by atoms with Gasteiger partial charge in [0.1, 0.15) is 0 Å². The molecule has 0 saturated heterocycles. The maximum Gasteiger partial charge on any atom is 1.00 e. The summed E-state index contributed by atoms with van der Waals surface area (Å²) in [6.07, 6.45) is 0.343. The maximum atomic E-state index is 10.1. The third kappa shape index (κ3) is 11.5. The van der Waals surface area contributed by atoms with E-state index in [9.17, 15) is 4.79 Å². The van der Waals surface area contributed by atoms with Crippen molar-refractivity contribution in [2.24, 2.45) is 0 Å². The Morgan fingerprint density at radius 3 is 1.90 bits per heavy atom. The Bertz CT molecular complexity index is 109. The van der Waals surface area contributed by atoms with Gasteiger partial charge >= 0.3 is 35.5 Å². The first-order chi connectivity index (χ1) is 3.92. The second-order valence-corrected chi connectivity index (χ2v) is 9.08. The van der Waals surface area contributed by atoms with Gasteiger partial charge in [-0.3, -0.25) is 4.79 Å². The van der Waals surface area contributed by atoms with Gasteiger partial charge in [-0.25, -0.2) is 0 Å². The standard InChI is InChI=1S/C6H14O2Si.Na/c1-9(2,3)5-4-6(7)8;/h4-5H2,1-3H3,(H,7,8);/q;+1. The largest absolute Gasteiger partial charge is 1.00 e. The van der Waals surface area contributed by atoms with Crippen LogP contribution in [0.15, 0.2) is 0 Å². The van der Waals surface area contributed by atoms with Crippen LogP contribution >= 0.6 is 0 Å². The third-order valence-electron chi connectivity index (χ3n) is 1.09. The Hall–Kier alpha value is 0.687. The van der Waals surface area contributed by atoms with E-state index in [4.69, 9.17) is 5.11 Å². The van der Waals surface area contributed by atoms with Crippen LogP contribution in [0.3, 0.4) is 0 Å². The summed E-state index contributed by atoms with van der Waals surface area (Å²) in [6, 6.07) is 0.891. The van der Waals surface area contributed by atoms with Gasteiger partial charge in [-0.1, -0.05) is 19.6 Å². The van der Waals surface area contributed by atoms with E-state index in [-0.39, 0.29) is 29.6 Å². The summed E-state index contributed by atoms with van der Waals surface area (Å²) in [6.45, 7) is 6.53. The smallest absolute Gasteiger partial charge is 0.481 e. The summed E-state index contributed by atoms with van der Waals surface area (Å²) < 4.78 is 0. The molecular formula is C6H14NaO2Si+. The van der Waals surface area contributed by atoms with Crippen LogP contribution in [0.4, 0.5) is 0 Å². The molecule has 0 aromatic carbocycles. The number of hydrogen-bond acceptors (Lipinski definition) is 1. The first-order valence-corrected chi connectivity index (χ1v) is 6.84. The number of rotatable bonds is 3. The number of carboxylic acid groups (broad SMARTS) is 1. The molecule has 0 saturated carbocycles. The molecule has 0 bridgehead atoms. The fourth-order valence-electron chi connectivity index (χ4n) is 0.482. The first-order valence-electron chi connectivity index (χ1n) is 3.13. The molecule has 0 fully saturated rings. The van der Waals surface area contributed by atoms with E-state index >= 15 is 0 Å². The normalized spacial score (nSPS) is 10.3. The Morgan fingerprint density at radius 2 is 1.80 bits per heavy atom. The third-order valence-corrected chi connectivity index (χ3v) is 2.84. The van der Waals surface area contributed by atoms with Gasteiger partial charge < -0.3 is 5.11 Å². The van der Waals surface area contributed by atoms with Crippen LogP contribution < -0.4 is 29.6 Å². The van der Waals surface area contributed by atoms with Crippen LogP contribution in [0, 0.1) is 0 Å². The summed E-state index contributed by atoms with van der Waals surface area (Å²) in [5, 5.41) is 8.30. The van der Waals surface area contributed by atoms with Crippen molar-refractivity contribution in [1.29, 1.82) is 0 Å². The average Bonchev–Trinajstić information content (AvgIpc) is 1.59. The van der Waals surface area contributed by atoms with E-state index in [0.717, 1.165) is 6.04 Å². The predicted molar refractivity (Wildman–Crippen MR) is 40.4 cm³/mol. The van der Waals surface area contributed by atoms with E-state index < -0.39 is 14.0 Å². The molecule has 4 heteroatoms. The zero-order valence-electron chi connectivity index (χ0n) is 7.27. The van der Waals surface area contributed by atoms with Crippen LogP contribution in [0.2, 0.25) is 25.7 Å². The van der Waals surface area contributed by atoms with Gasteiger partial charge in [0.25, 0.3) is 0 Å². The van der Waals surface area contributed by atoms with Gasteiger partial charge in [0.2, 0.25) is 0 Å². The van der Waals surface area contributed by atoms with E-state index in [0.29, 0.717) is 6.42 Å². The van der Waals surface area contributed by atoms with E-state index in [1.54, 1.807) is 0 Å². The minimum absolute atomic E-state index is 0. The fourth-order valence-corrected chi connectivity index (χ4v) is 1.45. The molecule has 0 aliphatic heterocycles. The molecule has 0 aliphatic carbocycles. The Morgan fingerprint density at radius 1 is 1.40 bits per heavy atom. The molecule has 1 N–H and O–H groups in total. The Balaban J connectivity index is 0. The van der Waals surface area contributed by atoms with Gasteiger partial charge in [-0.2, -0.15) is 0 Å². The second-order valence-electron chi connectivity index (χ2n) is 3.45. The molecular weight excluding hydrogens is 155 g/mol. The van der Waals surface area contributed by atoms with Crippen molar-refractivity contribution in [2.45, 2.75) is 32.1 Å². The quantitative estimate of drug-likeness (QED) is 0.539. The van der Waals surface area contributed by atoms with Crippen molar-refractivity contribution in [3.63, 3.8) is 0 Å². The molecule has 0 atom stereocenters. The summed E-state index contributed by atoms with van der Waals surface area (Å²) in [4.78, 5) is 10.1. The first kappa shape index (κ1) is 13.3. The molecule has 0 rings (SSSR count). The topological polar surface area (TPSA) is 37.3 Å². The maximum absolute atomic E-state index is 10.1. The molecule has 2 nitrogen and oxygen atoms in total. The number of aliphatic carboxylic acids is 1. The SMILES string of the molecule is C[Si](C)(C)CCC(=O)O.[Na+]. The van der Waals surface area contributed by atoms with Crippen molar-refractivity contribution < 1.29 is 39.5 Å². The fraction of sp³-hybridized carbons (Fsp3) is 0.833. The van der Waals surface area contributed by atoms with Gasteiger partial charge in [0.15, 0.2) is 0 Å². The van der Waals surface area contributed by atoms with Crippen LogP contribution in [0.25, 0.3) is 0 Å². The predicted octanol–water partition coefficient (Wildman–Crippen LogP) is -1.20. The van der Waals surface area contributed by atoms with Crippen molar-refractivity contribution in [2.75, 3.05) is 0 Å². The molecule has 0 heterocycles. The second kappa shape index (κ2) is 5.35. The molecule has 54 valence electrons. The summed E-state index contributed by atoms with van der Waals surface area (Å²) in [7, 11) is -1.10. The van der Waals surface area contributed by atoms with Crippen molar-refractivity contribution in [1.82, 2.24) is 0 Å². The molecule has 0 radical (unpaired) electrons. The zero-order chi connectivity index (χ0) is 7.49. The summed E-state index contributed by atoms with van der Waals surface area (Å²) >= 11 is 0. The van der Waals surface area contributed by atoms with Crippen molar-refractivity contribution in [3.8, 4) is 0 Å². The Labute approximate surface area is 85.3 Å². The van der Waals surface area contributed by atoms with Gasteiger partial charge in [0, 0.05) is 14.5 Å². The van der Waals surface area contributed by atoms with E-state index in [1.165, 1.54) is 0 Å². The minimum atomic E-state index is -1.10. The molecule has 0 aromatic heterocycles. The van der Waals surface area contributed by atoms with Crippen molar-refractivity contribution >= 4 is 14.0 Å². The molecule has 10 heavy (non-hydrogen) atoms. The van der Waals surface area contributed by atoms with Crippen LogP contribution in [0.5, 0.6) is 0 Å². The van der Waals surface area contributed by atoms with Crippen LogP contribution in [-0.2, 0) is 4.79 Å².